The summed E-state index contributed by atoms with van der Waals surface area (Å²) in [7, 11) is 0. The molecule has 210 valence electrons. The van der Waals surface area contributed by atoms with Crippen LogP contribution in [-0.2, 0) is 24.0 Å². The van der Waals surface area contributed by atoms with Crippen molar-refractivity contribution in [3.05, 3.63) is 34.0 Å². The van der Waals surface area contributed by atoms with Crippen LogP contribution in [0.4, 0.5) is 18.3 Å². The standard InChI is InChI=1S/C22H23F3N6O6S2/c1-9(2)37-29-13(12-7-39-21(26)27-12)16(32)28-14-18(34)31-15(20(35)36)11(6-38-19(14)31)5-10-3-4-30(17(10)33)8-22(23,24)25/h5,7,9,14,19H,3-4,6,8H2,1-2H3,(H2,26,27)(H,28,32)(H,35,36)/b10-5+,29-13-/t14-,19-/m1/s1. The number of halogens is 3. The number of oxime groups is 1. The number of rotatable bonds is 8. The lowest BCUT2D eigenvalue weighted by molar-refractivity contribution is -0.156. The van der Waals surface area contributed by atoms with E-state index in [1.807, 2.05) is 0 Å². The van der Waals surface area contributed by atoms with E-state index in [0.29, 0.717) is 4.90 Å². The van der Waals surface area contributed by atoms with Gasteiger partial charge < -0.3 is 25.9 Å². The summed E-state index contributed by atoms with van der Waals surface area (Å²) < 4.78 is 38.2. The molecule has 1 aromatic rings. The smallest absolute Gasteiger partial charge is 0.406 e. The number of thiazole rings is 1. The van der Waals surface area contributed by atoms with Crippen molar-refractivity contribution in [3.8, 4) is 0 Å². The Hall–Kier alpha value is -3.60. The van der Waals surface area contributed by atoms with Crippen molar-refractivity contribution < 1.29 is 42.3 Å². The minimum absolute atomic E-state index is 0.00767. The summed E-state index contributed by atoms with van der Waals surface area (Å²) in [6, 6.07) is -1.10. The number of amides is 3. The average Bonchev–Trinajstić information content (AvgIpc) is 3.41. The maximum atomic E-state index is 13.0. The summed E-state index contributed by atoms with van der Waals surface area (Å²) in [5.74, 6) is -3.75. The van der Waals surface area contributed by atoms with Gasteiger partial charge in [0.1, 0.15) is 35.5 Å². The summed E-state index contributed by atoms with van der Waals surface area (Å²) in [5, 5.41) is 17.1. The van der Waals surface area contributed by atoms with Crippen molar-refractivity contribution in [1.29, 1.82) is 0 Å². The van der Waals surface area contributed by atoms with Gasteiger partial charge in [0, 0.05) is 23.3 Å². The summed E-state index contributed by atoms with van der Waals surface area (Å²) in [6.45, 7) is 1.83. The number of hydrogen-bond donors (Lipinski definition) is 3. The first kappa shape index (κ1) is 28.4. The number of nitrogens with two attached hydrogens (primary N) is 1. The topological polar surface area (TPSA) is 168 Å². The van der Waals surface area contributed by atoms with Crippen LogP contribution < -0.4 is 11.1 Å². The molecule has 4 heterocycles. The molecular weight excluding hydrogens is 565 g/mol. The van der Waals surface area contributed by atoms with Crippen LogP contribution in [0.2, 0.25) is 0 Å². The van der Waals surface area contributed by atoms with Gasteiger partial charge >= 0.3 is 12.1 Å². The highest BCUT2D eigenvalue weighted by Gasteiger charge is 2.54. The largest absolute Gasteiger partial charge is 0.477 e. The van der Waals surface area contributed by atoms with Crippen LogP contribution >= 0.6 is 23.1 Å². The fraction of sp³-hybridized carbons (Fsp3) is 0.455. The Bertz CT molecular complexity index is 1310. The Labute approximate surface area is 227 Å². The van der Waals surface area contributed by atoms with E-state index in [4.69, 9.17) is 10.6 Å². The van der Waals surface area contributed by atoms with Gasteiger partial charge in [0.2, 0.25) is 5.91 Å². The van der Waals surface area contributed by atoms with Gasteiger partial charge in [-0.1, -0.05) is 5.16 Å². The first-order chi connectivity index (χ1) is 18.3. The molecule has 0 unspecified atom stereocenters. The zero-order valence-corrected chi connectivity index (χ0v) is 22.2. The van der Waals surface area contributed by atoms with Gasteiger partial charge in [0.15, 0.2) is 10.8 Å². The number of anilines is 1. The summed E-state index contributed by atoms with van der Waals surface area (Å²) in [5.41, 5.74) is 5.32. The Kier molecular flexibility index (Phi) is 7.92. The molecule has 12 nitrogen and oxygen atoms in total. The number of carbonyl (C=O) groups is 4. The Morgan fingerprint density at radius 1 is 1.38 bits per heavy atom. The minimum atomic E-state index is -4.56. The third-order valence-electron chi connectivity index (χ3n) is 5.75. The number of allylic oxidation sites excluding steroid dienone is 1. The number of aliphatic carboxylic acids is 1. The minimum Gasteiger partial charge on any atom is -0.477 e. The lowest BCUT2D eigenvalue weighted by Crippen LogP contribution is -2.71. The van der Waals surface area contributed by atoms with Gasteiger partial charge in [0.05, 0.1) is 0 Å². The summed E-state index contributed by atoms with van der Waals surface area (Å²) in [4.78, 5) is 61.4. The molecule has 0 aromatic carbocycles. The number of carboxylic acid groups (broad SMARTS) is 1. The number of alkyl halides is 3. The van der Waals surface area contributed by atoms with Gasteiger partial charge in [-0.05, 0) is 31.9 Å². The molecule has 2 saturated heterocycles. The number of fused-ring (bicyclic) bond motifs is 1. The molecule has 17 heteroatoms. The molecular formula is C22H23F3N6O6S2. The second kappa shape index (κ2) is 10.9. The van der Waals surface area contributed by atoms with E-state index in [1.165, 1.54) is 11.5 Å². The van der Waals surface area contributed by atoms with E-state index >= 15 is 0 Å². The van der Waals surface area contributed by atoms with Gasteiger partial charge in [0.25, 0.3) is 11.8 Å². The normalized spacial score (nSPS) is 22.9. The average molecular weight is 589 g/mol. The molecule has 39 heavy (non-hydrogen) atoms. The molecule has 0 spiro atoms. The van der Waals surface area contributed by atoms with Crippen LogP contribution in [0, 0.1) is 0 Å². The lowest BCUT2D eigenvalue weighted by Gasteiger charge is -2.49. The van der Waals surface area contributed by atoms with Crippen molar-refractivity contribution in [1.82, 2.24) is 20.1 Å². The third-order valence-corrected chi connectivity index (χ3v) is 7.73. The number of thioether (sulfide) groups is 1. The van der Waals surface area contributed by atoms with Crippen LogP contribution in [0.5, 0.6) is 0 Å². The van der Waals surface area contributed by atoms with E-state index in [1.54, 1.807) is 13.8 Å². The molecule has 0 saturated carbocycles. The number of likely N-dealkylation sites (tertiary alicyclic amines) is 1. The van der Waals surface area contributed by atoms with Crippen LogP contribution in [0.1, 0.15) is 26.0 Å². The first-order valence-electron chi connectivity index (χ1n) is 11.5. The number of nitrogens with zero attached hydrogens (tertiary/aromatic N) is 4. The quantitative estimate of drug-likeness (QED) is 0.176. The highest BCUT2D eigenvalue weighted by atomic mass is 32.2. The second-order valence-electron chi connectivity index (χ2n) is 8.97. The van der Waals surface area contributed by atoms with Crippen molar-refractivity contribution in [2.45, 2.75) is 44.0 Å². The highest BCUT2D eigenvalue weighted by Crippen LogP contribution is 2.41. The number of aromatic nitrogens is 1. The van der Waals surface area contributed by atoms with E-state index < -0.39 is 53.5 Å². The lowest BCUT2D eigenvalue weighted by atomic mass is 10.0. The SMILES string of the molecule is CC(C)O/N=C(\C(=O)N[C@@H]1C(=O)N2C(C(=O)O)=C(/C=C3\CCN(CC(F)(F)F)C3=O)CS[C@H]12)c1csc(N)n1. The highest BCUT2D eigenvalue weighted by molar-refractivity contribution is 8.00. The fourth-order valence-electron chi connectivity index (χ4n) is 4.10. The monoisotopic (exact) mass is 588 g/mol. The predicted molar refractivity (Wildman–Crippen MR) is 134 cm³/mol. The molecule has 2 atom stereocenters. The van der Waals surface area contributed by atoms with Crippen molar-refractivity contribution in [3.63, 3.8) is 0 Å². The molecule has 0 radical (unpaired) electrons. The van der Waals surface area contributed by atoms with E-state index in [9.17, 15) is 37.5 Å². The molecule has 1 aromatic heterocycles. The van der Waals surface area contributed by atoms with Crippen LogP contribution in [-0.4, -0.2) is 91.8 Å². The van der Waals surface area contributed by atoms with Crippen molar-refractivity contribution in [2.75, 3.05) is 24.6 Å². The number of carboxylic acids is 1. The number of carbonyl (C=O) groups excluding carboxylic acids is 3. The molecule has 4 rings (SSSR count). The van der Waals surface area contributed by atoms with E-state index in [2.05, 4.69) is 15.5 Å². The molecule has 3 amide bonds. The van der Waals surface area contributed by atoms with Crippen molar-refractivity contribution >= 4 is 57.6 Å². The Morgan fingerprint density at radius 3 is 2.69 bits per heavy atom. The zero-order valence-electron chi connectivity index (χ0n) is 20.5. The number of nitrogens with one attached hydrogen (secondary N) is 1. The number of nitrogen functional groups attached to an aromatic ring is 1. The third kappa shape index (κ3) is 6.03. The second-order valence-corrected chi connectivity index (χ2v) is 11.0. The van der Waals surface area contributed by atoms with Gasteiger partial charge in [-0.3, -0.25) is 19.3 Å². The number of β-lactam (4-membered cyclic amide) rings is 1. The molecule has 0 aliphatic carbocycles. The Morgan fingerprint density at radius 2 is 2.10 bits per heavy atom. The summed E-state index contributed by atoms with van der Waals surface area (Å²) in [6.07, 6.45) is -3.67. The van der Waals surface area contributed by atoms with E-state index in [0.717, 1.165) is 28.0 Å². The van der Waals surface area contributed by atoms with Gasteiger partial charge in [-0.25, -0.2) is 9.78 Å². The van der Waals surface area contributed by atoms with Gasteiger partial charge in [-0.15, -0.1) is 23.1 Å². The molecule has 4 N–H and O–H groups in total. The molecule has 2 fully saturated rings. The first-order valence-corrected chi connectivity index (χ1v) is 13.4. The maximum Gasteiger partial charge on any atom is 0.406 e. The van der Waals surface area contributed by atoms with Crippen LogP contribution in [0.25, 0.3) is 0 Å². The molecule has 3 aliphatic heterocycles. The van der Waals surface area contributed by atoms with Gasteiger partial charge in [-0.2, -0.15) is 13.2 Å². The molecule has 3 aliphatic rings. The predicted octanol–water partition coefficient (Wildman–Crippen LogP) is 1.31. The van der Waals surface area contributed by atoms with Crippen molar-refractivity contribution in [2.24, 2.45) is 5.16 Å². The molecule has 0 bridgehead atoms. The fourth-order valence-corrected chi connectivity index (χ4v) is 5.95. The number of hydrogen-bond acceptors (Lipinski definition) is 10. The van der Waals surface area contributed by atoms with Crippen LogP contribution in [0.15, 0.2) is 33.5 Å². The zero-order chi connectivity index (χ0) is 28.6. The van der Waals surface area contributed by atoms with Crippen LogP contribution in [0.3, 0.4) is 0 Å². The Balaban J connectivity index is 1.53. The van der Waals surface area contributed by atoms with E-state index in [-0.39, 0.29) is 52.5 Å². The maximum absolute atomic E-state index is 13.0. The summed E-state index contributed by atoms with van der Waals surface area (Å²) >= 11 is 2.21.